The molecule has 3 rings (SSSR count). The molecule has 6 nitrogen and oxygen atoms in total. The van der Waals surface area contributed by atoms with Crippen molar-refractivity contribution in [2.45, 2.75) is 44.6 Å². The lowest BCUT2D eigenvalue weighted by atomic mass is 9.95. The second kappa shape index (κ2) is 8.56. The number of ether oxygens (including phenoxy) is 2. The van der Waals surface area contributed by atoms with E-state index >= 15 is 0 Å². The molecule has 1 saturated carbocycles. The molecule has 2 amide bonds. The zero-order valence-electron chi connectivity index (χ0n) is 14.1. The van der Waals surface area contributed by atoms with E-state index in [1.807, 2.05) is 6.07 Å². The SMILES string of the molecule is O=C(Cc1cc2c(cc1Br)OCCO2)NCC(=O)NC1CCCCC1. The van der Waals surface area contributed by atoms with Gasteiger partial charge in [0.25, 0.3) is 0 Å². The molecule has 2 aliphatic rings. The third-order valence-corrected chi connectivity index (χ3v) is 5.22. The maximum Gasteiger partial charge on any atom is 0.239 e. The van der Waals surface area contributed by atoms with Gasteiger partial charge in [-0.15, -0.1) is 0 Å². The molecule has 0 unspecified atom stereocenters. The highest BCUT2D eigenvalue weighted by Gasteiger charge is 2.18. The molecule has 7 heteroatoms. The first-order valence-corrected chi connectivity index (χ1v) is 9.55. The van der Waals surface area contributed by atoms with Gasteiger partial charge in [-0.3, -0.25) is 9.59 Å². The summed E-state index contributed by atoms with van der Waals surface area (Å²) < 4.78 is 11.8. The Kier molecular flexibility index (Phi) is 6.18. The number of hydrogen-bond donors (Lipinski definition) is 2. The highest BCUT2D eigenvalue weighted by atomic mass is 79.9. The van der Waals surface area contributed by atoms with Crippen LogP contribution in [0.1, 0.15) is 37.7 Å². The Hall–Kier alpha value is -1.76. The number of carbonyl (C=O) groups is 2. The van der Waals surface area contributed by atoms with Crippen molar-refractivity contribution in [3.63, 3.8) is 0 Å². The summed E-state index contributed by atoms with van der Waals surface area (Å²) in [5, 5.41) is 5.67. The number of carbonyl (C=O) groups excluding carboxylic acids is 2. The summed E-state index contributed by atoms with van der Waals surface area (Å²) in [4.78, 5) is 24.1. The third-order valence-electron chi connectivity index (χ3n) is 4.48. The molecule has 0 bridgehead atoms. The summed E-state index contributed by atoms with van der Waals surface area (Å²) in [5.74, 6) is 0.999. The maximum absolute atomic E-state index is 12.1. The minimum atomic E-state index is -0.198. The fourth-order valence-electron chi connectivity index (χ4n) is 3.18. The van der Waals surface area contributed by atoms with E-state index < -0.39 is 0 Å². The predicted octanol–water partition coefficient (Wildman–Crippen LogP) is 2.33. The molecule has 136 valence electrons. The van der Waals surface area contributed by atoms with E-state index in [1.54, 1.807) is 6.07 Å². The quantitative estimate of drug-likeness (QED) is 0.780. The number of rotatable bonds is 5. The lowest BCUT2D eigenvalue weighted by molar-refractivity contribution is -0.126. The van der Waals surface area contributed by atoms with Gasteiger partial charge in [0, 0.05) is 10.5 Å². The van der Waals surface area contributed by atoms with Crippen molar-refractivity contribution in [2.75, 3.05) is 19.8 Å². The monoisotopic (exact) mass is 410 g/mol. The van der Waals surface area contributed by atoms with Gasteiger partial charge in [-0.05, 0) is 30.5 Å². The van der Waals surface area contributed by atoms with Crippen molar-refractivity contribution in [1.82, 2.24) is 10.6 Å². The molecule has 0 saturated heterocycles. The Morgan fingerprint density at radius 1 is 1.04 bits per heavy atom. The van der Waals surface area contributed by atoms with Crippen LogP contribution in [0.25, 0.3) is 0 Å². The highest BCUT2D eigenvalue weighted by molar-refractivity contribution is 9.10. The Bertz CT molecular complexity index is 644. The zero-order valence-corrected chi connectivity index (χ0v) is 15.7. The van der Waals surface area contributed by atoms with Crippen LogP contribution >= 0.6 is 15.9 Å². The van der Waals surface area contributed by atoms with Crippen molar-refractivity contribution >= 4 is 27.7 Å². The summed E-state index contributed by atoms with van der Waals surface area (Å²) in [6.07, 6.45) is 5.81. The minimum absolute atomic E-state index is 0.0114. The molecule has 0 radical (unpaired) electrons. The topological polar surface area (TPSA) is 76.7 Å². The second-order valence-electron chi connectivity index (χ2n) is 6.44. The third kappa shape index (κ3) is 5.11. The van der Waals surface area contributed by atoms with E-state index in [4.69, 9.17) is 9.47 Å². The summed E-state index contributed by atoms with van der Waals surface area (Å²) in [7, 11) is 0. The first-order chi connectivity index (χ1) is 12.1. The van der Waals surface area contributed by atoms with Crippen LogP contribution in [-0.2, 0) is 16.0 Å². The number of hydrogen-bond acceptors (Lipinski definition) is 4. The average molecular weight is 411 g/mol. The highest BCUT2D eigenvalue weighted by Crippen LogP contribution is 2.35. The van der Waals surface area contributed by atoms with Gasteiger partial charge in [0.05, 0.1) is 13.0 Å². The van der Waals surface area contributed by atoms with Crippen LogP contribution in [0.3, 0.4) is 0 Å². The van der Waals surface area contributed by atoms with Crippen molar-refractivity contribution in [2.24, 2.45) is 0 Å². The molecule has 0 aromatic heterocycles. The van der Waals surface area contributed by atoms with Crippen LogP contribution in [0.5, 0.6) is 11.5 Å². The zero-order chi connectivity index (χ0) is 17.6. The Morgan fingerprint density at radius 2 is 1.72 bits per heavy atom. The lowest BCUT2D eigenvalue weighted by Gasteiger charge is -2.22. The van der Waals surface area contributed by atoms with E-state index in [0.717, 1.165) is 35.7 Å². The standard InChI is InChI=1S/C18H23BrN2O4/c19-14-10-16-15(24-6-7-25-16)8-12(14)9-17(22)20-11-18(23)21-13-4-2-1-3-5-13/h8,10,13H,1-7,9,11H2,(H,20,22)(H,21,23). The minimum Gasteiger partial charge on any atom is -0.486 e. The van der Waals surface area contributed by atoms with Gasteiger partial charge in [0.1, 0.15) is 13.2 Å². The van der Waals surface area contributed by atoms with Gasteiger partial charge in [0.15, 0.2) is 11.5 Å². The van der Waals surface area contributed by atoms with E-state index in [9.17, 15) is 9.59 Å². The van der Waals surface area contributed by atoms with Crippen LogP contribution in [0.2, 0.25) is 0 Å². The fraction of sp³-hybridized carbons (Fsp3) is 0.556. The van der Waals surface area contributed by atoms with E-state index in [2.05, 4.69) is 26.6 Å². The Balaban J connectivity index is 1.48. The molecule has 1 aliphatic heterocycles. The van der Waals surface area contributed by atoms with Crippen LogP contribution in [0, 0.1) is 0 Å². The van der Waals surface area contributed by atoms with Crippen LogP contribution < -0.4 is 20.1 Å². The van der Waals surface area contributed by atoms with Crippen molar-refractivity contribution < 1.29 is 19.1 Å². The normalized spacial score (nSPS) is 17.0. The Morgan fingerprint density at radius 3 is 2.44 bits per heavy atom. The van der Waals surface area contributed by atoms with Crippen molar-refractivity contribution in [3.8, 4) is 11.5 Å². The van der Waals surface area contributed by atoms with E-state index in [1.165, 1.54) is 6.42 Å². The molecule has 25 heavy (non-hydrogen) atoms. The molecular weight excluding hydrogens is 388 g/mol. The fourth-order valence-corrected chi connectivity index (χ4v) is 3.64. The molecule has 1 heterocycles. The predicted molar refractivity (Wildman–Crippen MR) is 96.9 cm³/mol. The molecule has 2 N–H and O–H groups in total. The van der Waals surface area contributed by atoms with Crippen LogP contribution in [-0.4, -0.2) is 37.6 Å². The second-order valence-corrected chi connectivity index (χ2v) is 7.30. The van der Waals surface area contributed by atoms with Crippen LogP contribution in [0.4, 0.5) is 0 Å². The van der Waals surface area contributed by atoms with Crippen molar-refractivity contribution in [3.05, 3.63) is 22.2 Å². The molecule has 0 atom stereocenters. The van der Waals surface area contributed by atoms with Gasteiger partial charge < -0.3 is 20.1 Å². The van der Waals surface area contributed by atoms with Gasteiger partial charge in [0.2, 0.25) is 11.8 Å². The molecular formula is C18H23BrN2O4. The smallest absolute Gasteiger partial charge is 0.239 e. The van der Waals surface area contributed by atoms with Gasteiger partial charge >= 0.3 is 0 Å². The number of benzene rings is 1. The van der Waals surface area contributed by atoms with Crippen molar-refractivity contribution in [1.29, 1.82) is 0 Å². The summed E-state index contributed by atoms with van der Waals surface area (Å²) >= 11 is 3.45. The molecule has 1 aliphatic carbocycles. The summed E-state index contributed by atoms with van der Waals surface area (Å²) in [6, 6.07) is 3.87. The van der Waals surface area contributed by atoms with Crippen LogP contribution in [0.15, 0.2) is 16.6 Å². The summed E-state index contributed by atoms with van der Waals surface area (Å²) in [6.45, 7) is 1.04. The van der Waals surface area contributed by atoms with Gasteiger partial charge in [-0.1, -0.05) is 35.2 Å². The molecule has 1 aromatic rings. The molecule has 0 spiro atoms. The van der Waals surface area contributed by atoms with E-state index in [0.29, 0.717) is 24.7 Å². The molecule has 1 aromatic carbocycles. The lowest BCUT2D eigenvalue weighted by Crippen LogP contribution is -2.43. The number of amides is 2. The van der Waals surface area contributed by atoms with Gasteiger partial charge in [-0.25, -0.2) is 0 Å². The molecule has 1 fully saturated rings. The van der Waals surface area contributed by atoms with Gasteiger partial charge in [-0.2, -0.15) is 0 Å². The first-order valence-electron chi connectivity index (χ1n) is 8.76. The largest absolute Gasteiger partial charge is 0.486 e. The average Bonchev–Trinajstić information content (AvgIpc) is 2.61. The number of halogens is 1. The maximum atomic E-state index is 12.1. The number of nitrogens with one attached hydrogen (secondary N) is 2. The Labute approximate surface area is 155 Å². The number of fused-ring (bicyclic) bond motifs is 1. The summed E-state index contributed by atoms with van der Waals surface area (Å²) in [5.41, 5.74) is 0.800. The first kappa shape index (κ1) is 18.0. The van der Waals surface area contributed by atoms with E-state index in [-0.39, 0.29) is 30.8 Å².